The lowest BCUT2D eigenvalue weighted by atomic mass is 9.97. The third kappa shape index (κ3) is 4.26. The average Bonchev–Trinajstić information content (AvgIpc) is 2.80. The Bertz CT molecular complexity index is 955. The SMILES string of the molecule is CCOC(=O)C1CCN(c2nnc(-c3ccccc3)c(-c3ccccc3)n2)CC1. The first-order valence-electron chi connectivity index (χ1n) is 10.0. The minimum absolute atomic E-state index is 0.0451. The van der Waals surface area contributed by atoms with Crippen LogP contribution < -0.4 is 4.90 Å². The van der Waals surface area contributed by atoms with Crippen molar-refractivity contribution in [3.05, 3.63) is 60.7 Å². The van der Waals surface area contributed by atoms with Gasteiger partial charge in [-0.2, -0.15) is 0 Å². The van der Waals surface area contributed by atoms with Gasteiger partial charge >= 0.3 is 5.97 Å². The molecule has 1 saturated heterocycles. The van der Waals surface area contributed by atoms with Crippen LogP contribution in [0.1, 0.15) is 19.8 Å². The fourth-order valence-electron chi connectivity index (χ4n) is 3.61. The van der Waals surface area contributed by atoms with Gasteiger partial charge in [-0.15, -0.1) is 10.2 Å². The Kier molecular flexibility index (Phi) is 5.79. The number of hydrogen-bond donors (Lipinski definition) is 0. The molecule has 1 aliphatic heterocycles. The van der Waals surface area contributed by atoms with Crippen molar-refractivity contribution in [2.45, 2.75) is 19.8 Å². The predicted octanol–water partition coefficient (Wildman–Crippen LogP) is 3.99. The molecule has 148 valence electrons. The Labute approximate surface area is 170 Å². The van der Waals surface area contributed by atoms with Crippen LogP contribution in [-0.4, -0.2) is 40.8 Å². The van der Waals surface area contributed by atoms with Gasteiger partial charge in [-0.25, -0.2) is 4.98 Å². The van der Waals surface area contributed by atoms with E-state index in [0.717, 1.165) is 35.4 Å². The van der Waals surface area contributed by atoms with Crippen LogP contribution >= 0.6 is 0 Å². The standard InChI is InChI=1S/C23H24N4O2/c1-2-29-22(28)19-13-15-27(16-14-19)23-24-20(17-9-5-3-6-10-17)21(25-26-23)18-11-7-4-8-12-18/h3-12,19H,2,13-16H2,1H3. The van der Waals surface area contributed by atoms with E-state index in [1.54, 1.807) is 0 Å². The Morgan fingerprint density at radius 3 is 2.10 bits per heavy atom. The molecule has 0 bridgehead atoms. The summed E-state index contributed by atoms with van der Waals surface area (Å²) in [6, 6.07) is 20.0. The first kappa shape index (κ1) is 19.1. The fourth-order valence-corrected chi connectivity index (χ4v) is 3.61. The van der Waals surface area contributed by atoms with Crippen LogP contribution in [0.4, 0.5) is 5.95 Å². The zero-order valence-corrected chi connectivity index (χ0v) is 16.5. The summed E-state index contributed by atoms with van der Waals surface area (Å²) < 4.78 is 5.16. The van der Waals surface area contributed by atoms with Crippen molar-refractivity contribution < 1.29 is 9.53 Å². The van der Waals surface area contributed by atoms with Crippen molar-refractivity contribution in [1.82, 2.24) is 15.2 Å². The first-order chi connectivity index (χ1) is 14.3. The number of esters is 1. The van der Waals surface area contributed by atoms with E-state index >= 15 is 0 Å². The molecule has 0 unspecified atom stereocenters. The summed E-state index contributed by atoms with van der Waals surface area (Å²) in [6.45, 7) is 3.69. The third-order valence-corrected chi connectivity index (χ3v) is 5.17. The van der Waals surface area contributed by atoms with Crippen LogP contribution in [0.5, 0.6) is 0 Å². The Balaban J connectivity index is 1.62. The van der Waals surface area contributed by atoms with E-state index in [1.807, 2.05) is 67.6 Å². The minimum Gasteiger partial charge on any atom is -0.466 e. The first-order valence-corrected chi connectivity index (χ1v) is 10.0. The molecule has 3 aromatic rings. The molecule has 0 atom stereocenters. The molecule has 0 saturated carbocycles. The summed E-state index contributed by atoms with van der Waals surface area (Å²) in [5, 5.41) is 8.96. The van der Waals surface area contributed by atoms with E-state index in [0.29, 0.717) is 25.6 Å². The van der Waals surface area contributed by atoms with Crippen molar-refractivity contribution >= 4 is 11.9 Å². The summed E-state index contributed by atoms with van der Waals surface area (Å²) >= 11 is 0. The average molecular weight is 388 g/mol. The highest BCUT2D eigenvalue weighted by molar-refractivity contribution is 5.78. The molecular formula is C23H24N4O2. The molecule has 4 rings (SSSR count). The highest BCUT2D eigenvalue weighted by Gasteiger charge is 2.28. The number of ether oxygens (including phenoxy) is 1. The van der Waals surface area contributed by atoms with Crippen LogP contribution in [-0.2, 0) is 9.53 Å². The van der Waals surface area contributed by atoms with Crippen molar-refractivity contribution in [3.63, 3.8) is 0 Å². The maximum absolute atomic E-state index is 12.0. The summed E-state index contributed by atoms with van der Waals surface area (Å²) in [7, 11) is 0. The molecular weight excluding hydrogens is 364 g/mol. The Morgan fingerprint density at radius 2 is 1.52 bits per heavy atom. The number of hydrogen-bond acceptors (Lipinski definition) is 6. The van der Waals surface area contributed by atoms with Crippen LogP contribution in [0, 0.1) is 5.92 Å². The molecule has 0 amide bonds. The molecule has 6 heteroatoms. The number of piperidine rings is 1. The van der Waals surface area contributed by atoms with Crippen LogP contribution in [0.2, 0.25) is 0 Å². The zero-order valence-electron chi connectivity index (χ0n) is 16.5. The lowest BCUT2D eigenvalue weighted by Crippen LogP contribution is -2.38. The van der Waals surface area contributed by atoms with Crippen molar-refractivity contribution in [2.24, 2.45) is 5.92 Å². The van der Waals surface area contributed by atoms with E-state index in [-0.39, 0.29) is 11.9 Å². The predicted molar refractivity (Wildman–Crippen MR) is 112 cm³/mol. The van der Waals surface area contributed by atoms with Gasteiger partial charge in [0.25, 0.3) is 0 Å². The lowest BCUT2D eigenvalue weighted by molar-refractivity contribution is -0.148. The van der Waals surface area contributed by atoms with Gasteiger partial charge < -0.3 is 9.64 Å². The van der Waals surface area contributed by atoms with Crippen LogP contribution in [0.25, 0.3) is 22.5 Å². The van der Waals surface area contributed by atoms with Crippen LogP contribution in [0.15, 0.2) is 60.7 Å². The molecule has 0 radical (unpaired) electrons. The van der Waals surface area contributed by atoms with Gasteiger partial charge in [-0.1, -0.05) is 60.7 Å². The smallest absolute Gasteiger partial charge is 0.309 e. The normalized spacial score (nSPS) is 14.6. The maximum Gasteiger partial charge on any atom is 0.309 e. The second kappa shape index (κ2) is 8.82. The molecule has 0 spiro atoms. The maximum atomic E-state index is 12.0. The van der Waals surface area contributed by atoms with Crippen molar-refractivity contribution in [1.29, 1.82) is 0 Å². The minimum atomic E-state index is -0.101. The fraction of sp³-hybridized carbons (Fsp3) is 0.304. The van der Waals surface area contributed by atoms with Crippen molar-refractivity contribution in [2.75, 3.05) is 24.6 Å². The molecule has 1 fully saturated rings. The van der Waals surface area contributed by atoms with Gasteiger partial charge in [0, 0.05) is 24.2 Å². The molecule has 29 heavy (non-hydrogen) atoms. The molecule has 6 nitrogen and oxygen atoms in total. The molecule has 1 aliphatic rings. The van der Waals surface area contributed by atoms with E-state index in [2.05, 4.69) is 15.1 Å². The topological polar surface area (TPSA) is 68.2 Å². The number of aromatic nitrogens is 3. The molecule has 2 heterocycles. The molecule has 1 aromatic heterocycles. The number of nitrogens with zero attached hydrogens (tertiary/aromatic N) is 4. The molecule has 0 N–H and O–H groups in total. The van der Waals surface area contributed by atoms with Crippen molar-refractivity contribution in [3.8, 4) is 22.5 Å². The second-order valence-electron chi connectivity index (χ2n) is 7.05. The quantitative estimate of drug-likeness (QED) is 0.616. The zero-order chi connectivity index (χ0) is 20.1. The molecule has 2 aromatic carbocycles. The number of carbonyl (C=O) groups is 1. The summed E-state index contributed by atoms with van der Waals surface area (Å²) in [5.41, 5.74) is 3.57. The van der Waals surface area contributed by atoms with E-state index in [4.69, 9.17) is 9.72 Å². The van der Waals surface area contributed by atoms with E-state index in [1.165, 1.54) is 0 Å². The third-order valence-electron chi connectivity index (χ3n) is 5.17. The number of carbonyl (C=O) groups excluding carboxylic acids is 1. The largest absolute Gasteiger partial charge is 0.466 e. The number of anilines is 1. The lowest BCUT2D eigenvalue weighted by Gasteiger charge is -2.30. The molecule has 0 aliphatic carbocycles. The van der Waals surface area contributed by atoms with Gasteiger partial charge in [-0.05, 0) is 19.8 Å². The van der Waals surface area contributed by atoms with Crippen LogP contribution in [0.3, 0.4) is 0 Å². The highest BCUT2D eigenvalue weighted by Crippen LogP contribution is 2.30. The second-order valence-corrected chi connectivity index (χ2v) is 7.05. The monoisotopic (exact) mass is 388 g/mol. The Hall–Kier alpha value is -3.28. The van der Waals surface area contributed by atoms with Gasteiger partial charge in [0.1, 0.15) is 11.4 Å². The van der Waals surface area contributed by atoms with Gasteiger partial charge in [0.05, 0.1) is 12.5 Å². The number of rotatable bonds is 5. The summed E-state index contributed by atoms with van der Waals surface area (Å²) in [4.78, 5) is 19.0. The van der Waals surface area contributed by atoms with Gasteiger partial charge in [0.2, 0.25) is 5.95 Å². The summed E-state index contributed by atoms with van der Waals surface area (Å²) in [5.74, 6) is 0.456. The number of benzene rings is 2. The Morgan fingerprint density at radius 1 is 0.931 bits per heavy atom. The highest BCUT2D eigenvalue weighted by atomic mass is 16.5. The van der Waals surface area contributed by atoms with Gasteiger partial charge in [0.15, 0.2) is 0 Å². The van der Waals surface area contributed by atoms with E-state index < -0.39 is 0 Å². The van der Waals surface area contributed by atoms with Gasteiger partial charge in [-0.3, -0.25) is 4.79 Å². The van der Waals surface area contributed by atoms with E-state index in [9.17, 15) is 4.79 Å². The summed E-state index contributed by atoms with van der Waals surface area (Å²) in [6.07, 6.45) is 1.48.